The predicted molar refractivity (Wildman–Crippen MR) is 74.1 cm³/mol. The first kappa shape index (κ1) is 15.3. The number of amides is 1. The Kier molecular flexibility index (Phi) is 4.68. The van der Waals surface area contributed by atoms with Crippen LogP contribution in [0.2, 0.25) is 0 Å². The topological polar surface area (TPSA) is 77.8 Å². The number of carbonyl (C=O) groups is 2. The number of hydrogen-bond donors (Lipinski definition) is 2. The molecule has 2 N–H and O–H groups in total. The average molecular weight is 283 g/mol. The molecule has 1 saturated carbocycles. The summed E-state index contributed by atoms with van der Waals surface area (Å²) in [6.07, 6.45) is 5.02. The molecule has 1 saturated heterocycles. The Bertz CT molecular complexity index is 376. The van der Waals surface area contributed by atoms with Crippen molar-refractivity contribution in [2.45, 2.75) is 57.9 Å². The van der Waals surface area contributed by atoms with Gasteiger partial charge < -0.3 is 15.1 Å². The van der Waals surface area contributed by atoms with E-state index in [9.17, 15) is 14.7 Å². The SMILES string of the molecule is CC1CCN(C(=O)CC2(CC(=O)O)CCCC2)C1CO. The molecule has 5 nitrogen and oxygen atoms in total. The van der Waals surface area contributed by atoms with E-state index in [-0.39, 0.29) is 30.4 Å². The van der Waals surface area contributed by atoms with Crippen molar-refractivity contribution in [3.05, 3.63) is 0 Å². The summed E-state index contributed by atoms with van der Waals surface area (Å²) in [6.45, 7) is 2.74. The van der Waals surface area contributed by atoms with Crippen LogP contribution in [0.15, 0.2) is 0 Å². The maximum atomic E-state index is 12.5. The lowest BCUT2D eigenvalue weighted by atomic mass is 9.79. The minimum absolute atomic E-state index is 0.00115. The minimum Gasteiger partial charge on any atom is -0.481 e. The van der Waals surface area contributed by atoms with Gasteiger partial charge in [-0.1, -0.05) is 19.8 Å². The Labute approximate surface area is 120 Å². The summed E-state index contributed by atoms with van der Waals surface area (Å²) in [5, 5.41) is 18.5. The smallest absolute Gasteiger partial charge is 0.303 e. The van der Waals surface area contributed by atoms with E-state index in [1.807, 2.05) is 0 Å². The lowest BCUT2D eigenvalue weighted by molar-refractivity contribution is -0.142. The highest BCUT2D eigenvalue weighted by molar-refractivity contribution is 5.79. The zero-order valence-electron chi connectivity index (χ0n) is 12.2. The van der Waals surface area contributed by atoms with Gasteiger partial charge in [0.05, 0.1) is 19.1 Å². The number of aliphatic carboxylic acids is 1. The molecule has 0 aromatic rings. The molecule has 1 heterocycles. The molecule has 2 unspecified atom stereocenters. The van der Waals surface area contributed by atoms with E-state index < -0.39 is 5.97 Å². The zero-order chi connectivity index (χ0) is 14.8. The van der Waals surface area contributed by atoms with E-state index in [4.69, 9.17) is 5.11 Å². The van der Waals surface area contributed by atoms with E-state index in [1.54, 1.807) is 4.90 Å². The van der Waals surface area contributed by atoms with Crippen molar-refractivity contribution in [2.75, 3.05) is 13.2 Å². The van der Waals surface area contributed by atoms with Crippen molar-refractivity contribution >= 4 is 11.9 Å². The van der Waals surface area contributed by atoms with E-state index >= 15 is 0 Å². The van der Waals surface area contributed by atoms with E-state index in [1.165, 1.54) is 0 Å². The van der Waals surface area contributed by atoms with Gasteiger partial charge in [-0.25, -0.2) is 0 Å². The number of carboxylic acids is 1. The molecule has 0 spiro atoms. The fourth-order valence-electron chi connectivity index (χ4n) is 3.88. The number of rotatable bonds is 5. The van der Waals surface area contributed by atoms with E-state index in [2.05, 4.69) is 6.92 Å². The molecule has 0 aromatic heterocycles. The highest BCUT2D eigenvalue weighted by Crippen LogP contribution is 2.45. The van der Waals surface area contributed by atoms with Gasteiger partial charge in [0.2, 0.25) is 5.91 Å². The van der Waals surface area contributed by atoms with Crippen LogP contribution in [0.3, 0.4) is 0 Å². The molecule has 1 aliphatic carbocycles. The number of likely N-dealkylation sites (tertiary alicyclic amines) is 1. The summed E-state index contributed by atoms with van der Waals surface area (Å²) in [7, 11) is 0. The van der Waals surface area contributed by atoms with Gasteiger partial charge >= 0.3 is 5.97 Å². The van der Waals surface area contributed by atoms with Crippen LogP contribution in [0.1, 0.15) is 51.9 Å². The first-order valence-corrected chi connectivity index (χ1v) is 7.59. The maximum absolute atomic E-state index is 12.5. The number of hydrogen-bond acceptors (Lipinski definition) is 3. The standard InChI is InChI=1S/C15H25NO4/c1-11-4-7-16(12(11)10-17)13(18)8-15(9-14(19)20)5-2-3-6-15/h11-12,17H,2-10H2,1H3,(H,19,20). The Morgan fingerprint density at radius 3 is 2.45 bits per heavy atom. The van der Waals surface area contributed by atoms with Crippen LogP contribution in [0, 0.1) is 11.3 Å². The van der Waals surface area contributed by atoms with E-state index in [0.717, 1.165) is 32.1 Å². The second kappa shape index (κ2) is 6.12. The second-order valence-electron chi connectivity index (χ2n) is 6.56. The molecule has 0 radical (unpaired) electrons. The summed E-state index contributed by atoms with van der Waals surface area (Å²) < 4.78 is 0. The molecule has 2 fully saturated rings. The fraction of sp³-hybridized carbons (Fsp3) is 0.867. The van der Waals surface area contributed by atoms with Gasteiger partial charge in [-0.3, -0.25) is 9.59 Å². The summed E-state index contributed by atoms with van der Waals surface area (Å²) in [4.78, 5) is 25.4. The third-order valence-electron chi connectivity index (χ3n) is 5.11. The van der Waals surface area contributed by atoms with Gasteiger partial charge in [0, 0.05) is 13.0 Å². The van der Waals surface area contributed by atoms with Gasteiger partial charge in [-0.2, -0.15) is 0 Å². The molecule has 2 rings (SSSR count). The van der Waals surface area contributed by atoms with Gasteiger partial charge in [-0.05, 0) is 30.6 Å². The molecule has 114 valence electrons. The Hall–Kier alpha value is -1.10. The first-order valence-electron chi connectivity index (χ1n) is 7.59. The molecule has 1 amide bonds. The quantitative estimate of drug-likeness (QED) is 0.804. The Morgan fingerprint density at radius 1 is 1.25 bits per heavy atom. The van der Waals surface area contributed by atoms with Gasteiger partial charge in [0.1, 0.15) is 0 Å². The summed E-state index contributed by atoms with van der Waals surface area (Å²) in [6, 6.07) is -0.0919. The number of carbonyl (C=O) groups excluding carboxylic acids is 1. The molecular weight excluding hydrogens is 258 g/mol. The van der Waals surface area contributed by atoms with E-state index in [0.29, 0.717) is 18.9 Å². The zero-order valence-corrected chi connectivity index (χ0v) is 12.2. The molecule has 0 bridgehead atoms. The molecule has 2 aliphatic rings. The molecule has 0 aromatic carbocycles. The lowest BCUT2D eigenvalue weighted by Crippen LogP contribution is -2.42. The fourth-order valence-corrected chi connectivity index (χ4v) is 3.88. The van der Waals surface area contributed by atoms with Crippen molar-refractivity contribution in [3.8, 4) is 0 Å². The highest BCUT2D eigenvalue weighted by Gasteiger charge is 2.41. The van der Waals surface area contributed by atoms with Gasteiger partial charge in [-0.15, -0.1) is 0 Å². The monoisotopic (exact) mass is 283 g/mol. The third-order valence-corrected chi connectivity index (χ3v) is 5.11. The van der Waals surface area contributed by atoms with Crippen molar-refractivity contribution < 1.29 is 19.8 Å². The lowest BCUT2D eigenvalue weighted by Gasteiger charge is -2.31. The normalized spacial score (nSPS) is 28.8. The maximum Gasteiger partial charge on any atom is 0.303 e. The molecule has 20 heavy (non-hydrogen) atoms. The van der Waals surface area contributed by atoms with Crippen LogP contribution in [-0.2, 0) is 9.59 Å². The number of aliphatic hydroxyl groups is 1. The van der Waals surface area contributed by atoms with Crippen molar-refractivity contribution in [1.82, 2.24) is 4.90 Å². The summed E-state index contributed by atoms with van der Waals surface area (Å²) in [5.41, 5.74) is -0.352. The van der Waals surface area contributed by atoms with Crippen LogP contribution in [0.4, 0.5) is 0 Å². The summed E-state index contributed by atoms with van der Waals surface area (Å²) >= 11 is 0. The van der Waals surface area contributed by atoms with Gasteiger partial charge in [0.25, 0.3) is 0 Å². The van der Waals surface area contributed by atoms with Gasteiger partial charge in [0.15, 0.2) is 0 Å². The Morgan fingerprint density at radius 2 is 1.90 bits per heavy atom. The summed E-state index contributed by atoms with van der Waals surface area (Å²) in [5.74, 6) is -0.465. The van der Waals surface area contributed by atoms with Crippen molar-refractivity contribution in [2.24, 2.45) is 11.3 Å². The molecular formula is C15H25NO4. The number of carboxylic acid groups (broad SMARTS) is 1. The largest absolute Gasteiger partial charge is 0.481 e. The second-order valence-corrected chi connectivity index (χ2v) is 6.56. The highest BCUT2D eigenvalue weighted by atomic mass is 16.4. The molecule has 2 atom stereocenters. The van der Waals surface area contributed by atoms with Crippen LogP contribution >= 0.6 is 0 Å². The molecule has 1 aliphatic heterocycles. The third kappa shape index (κ3) is 3.14. The van der Waals surface area contributed by atoms with Crippen LogP contribution in [0.5, 0.6) is 0 Å². The molecule has 5 heteroatoms. The van der Waals surface area contributed by atoms with Crippen molar-refractivity contribution in [1.29, 1.82) is 0 Å². The number of aliphatic hydroxyl groups excluding tert-OH is 1. The minimum atomic E-state index is -0.812. The Balaban J connectivity index is 2.03. The van der Waals surface area contributed by atoms with Crippen LogP contribution in [0.25, 0.3) is 0 Å². The average Bonchev–Trinajstić information content (AvgIpc) is 2.95. The van der Waals surface area contributed by atoms with Crippen LogP contribution in [-0.4, -0.2) is 46.2 Å². The van der Waals surface area contributed by atoms with Crippen molar-refractivity contribution in [3.63, 3.8) is 0 Å². The number of nitrogens with zero attached hydrogens (tertiary/aromatic N) is 1. The first-order chi connectivity index (χ1) is 9.47. The predicted octanol–water partition coefficient (Wildman–Crippen LogP) is 1.64. The van der Waals surface area contributed by atoms with Crippen LogP contribution < -0.4 is 0 Å².